The third-order valence-corrected chi connectivity index (χ3v) is 7.41. The van der Waals surface area contributed by atoms with Gasteiger partial charge in [0.25, 0.3) is 5.91 Å². The third kappa shape index (κ3) is 5.22. The molecule has 0 aromatic heterocycles. The maximum atomic E-state index is 13.2. The Morgan fingerprint density at radius 1 is 1.03 bits per heavy atom. The quantitative estimate of drug-likeness (QED) is 0.499. The van der Waals surface area contributed by atoms with Crippen LogP contribution in [0.1, 0.15) is 41.6 Å². The van der Waals surface area contributed by atoms with Crippen LogP contribution in [0.4, 0.5) is 0 Å². The molecule has 3 aromatic carbocycles. The maximum Gasteiger partial charge on any atom is 0.326 e. The van der Waals surface area contributed by atoms with Crippen molar-refractivity contribution in [1.29, 1.82) is 0 Å². The number of hydrogen-bond acceptors (Lipinski definition) is 5. The summed E-state index contributed by atoms with van der Waals surface area (Å²) in [5.41, 5.74) is 0.997. The zero-order valence-electron chi connectivity index (χ0n) is 18.9. The van der Waals surface area contributed by atoms with Gasteiger partial charge >= 0.3 is 5.97 Å². The highest BCUT2D eigenvalue weighted by molar-refractivity contribution is 7.90. The predicted octanol–water partition coefficient (Wildman–Crippen LogP) is 4.20. The molecule has 4 rings (SSSR count). The molecule has 7 nitrogen and oxygen atoms in total. The van der Waals surface area contributed by atoms with Gasteiger partial charge in [-0.3, -0.25) is 4.79 Å². The van der Waals surface area contributed by atoms with Gasteiger partial charge in [0, 0.05) is 11.6 Å². The fourth-order valence-electron chi connectivity index (χ4n) is 4.46. The number of rotatable bonds is 8. The summed E-state index contributed by atoms with van der Waals surface area (Å²) in [6.45, 7) is 0.114. The van der Waals surface area contributed by atoms with Crippen molar-refractivity contribution in [3.8, 4) is 5.75 Å². The van der Waals surface area contributed by atoms with Crippen LogP contribution in [-0.2, 0) is 21.2 Å². The largest absolute Gasteiger partial charge is 0.487 e. The summed E-state index contributed by atoms with van der Waals surface area (Å²) in [5.74, 6) is -1.25. The molecule has 0 unspecified atom stereocenters. The van der Waals surface area contributed by atoms with Crippen molar-refractivity contribution in [3.63, 3.8) is 0 Å². The normalized spacial score (nSPS) is 15.2. The first-order valence-electron chi connectivity index (χ1n) is 11.2. The van der Waals surface area contributed by atoms with E-state index < -0.39 is 27.8 Å². The van der Waals surface area contributed by atoms with Crippen LogP contribution in [0, 0.1) is 5.92 Å². The summed E-state index contributed by atoms with van der Waals surface area (Å²) >= 11 is 0. The molecule has 8 heteroatoms. The number of carbonyl (C=O) groups is 2. The lowest BCUT2D eigenvalue weighted by Crippen LogP contribution is -2.45. The molecular weight excluding hydrogens is 454 g/mol. The first-order valence-corrected chi connectivity index (χ1v) is 13.1. The molecule has 0 saturated heterocycles. The molecule has 1 amide bonds. The molecule has 0 bridgehead atoms. The van der Waals surface area contributed by atoms with Crippen LogP contribution in [-0.4, -0.2) is 37.7 Å². The van der Waals surface area contributed by atoms with E-state index in [9.17, 15) is 23.1 Å². The van der Waals surface area contributed by atoms with Gasteiger partial charge in [-0.1, -0.05) is 55.3 Å². The Balaban J connectivity index is 1.62. The monoisotopic (exact) mass is 481 g/mol. The van der Waals surface area contributed by atoms with Gasteiger partial charge in [0.1, 0.15) is 18.4 Å². The van der Waals surface area contributed by atoms with E-state index in [4.69, 9.17) is 4.74 Å². The second-order valence-electron chi connectivity index (χ2n) is 8.70. The lowest BCUT2D eigenvalue weighted by molar-refractivity contribution is -0.140. The van der Waals surface area contributed by atoms with E-state index in [-0.39, 0.29) is 23.0 Å². The van der Waals surface area contributed by atoms with Gasteiger partial charge in [0.05, 0.1) is 10.5 Å². The van der Waals surface area contributed by atoms with Gasteiger partial charge in [0.15, 0.2) is 9.84 Å². The lowest BCUT2D eigenvalue weighted by atomic mass is 9.97. The molecule has 1 atom stereocenters. The smallest absolute Gasteiger partial charge is 0.326 e. The zero-order chi connectivity index (χ0) is 24.3. The topological polar surface area (TPSA) is 110 Å². The summed E-state index contributed by atoms with van der Waals surface area (Å²) in [4.78, 5) is 25.3. The Morgan fingerprint density at radius 3 is 2.35 bits per heavy atom. The van der Waals surface area contributed by atoms with Gasteiger partial charge in [-0.2, -0.15) is 0 Å². The number of fused-ring (bicyclic) bond motifs is 1. The highest BCUT2D eigenvalue weighted by atomic mass is 32.2. The Bertz CT molecular complexity index is 1310. The maximum absolute atomic E-state index is 13.2. The minimum atomic E-state index is -3.30. The fraction of sp³-hybridized carbons (Fsp3) is 0.308. The second-order valence-corrected chi connectivity index (χ2v) is 10.7. The number of hydrogen-bond donors (Lipinski definition) is 2. The van der Waals surface area contributed by atoms with Crippen LogP contribution < -0.4 is 10.1 Å². The first-order chi connectivity index (χ1) is 16.2. The summed E-state index contributed by atoms with van der Waals surface area (Å²) < 4.78 is 29.5. The van der Waals surface area contributed by atoms with Crippen LogP contribution in [0.15, 0.2) is 65.6 Å². The van der Waals surface area contributed by atoms with Gasteiger partial charge in [-0.25, -0.2) is 13.2 Å². The SMILES string of the molecule is CS(=O)(=O)c1ccc(COc2c(C(=O)N[C@H](C(=O)O)C3CCCC3)ccc3ccccc23)cc1. The minimum Gasteiger partial charge on any atom is -0.487 e. The van der Waals surface area contributed by atoms with Crippen molar-refractivity contribution in [3.05, 3.63) is 71.8 Å². The molecule has 0 heterocycles. The number of nitrogens with one attached hydrogen (secondary N) is 1. The zero-order valence-corrected chi connectivity index (χ0v) is 19.7. The molecule has 0 aliphatic heterocycles. The number of amides is 1. The van der Waals surface area contributed by atoms with Crippen molar-refractivity contribution in [2.75, 3.05) is 6.26 Å². The molecular formula is C26H27NO6S. The Labute approximate surface area is 198 Å². The van der Waals surface area contributed by atoms with Gasteiger partial charge < -0.3 is 15.2 Å². The predicted molar refractivity (Wildman–Crippen MR) is 129 cm³/mol. The van der Waals surface area contributed by atoms with Crippen LogP contribution in [0.25, 0.3) is 10.8 Å². The van der Waals surface area contributed by atoms with Gasteiger partial charge in [-0.05, 0) is 47.9 Å². The number of carboxylic acid groups (broad SMARTS) is 1. The van der Waals surface area contributed by atoms with E-state index in [1.165, 1.54) is 12.1 Å². The molecule has 34 heavy (non-hydrogen) atoms. The fourth-order valence-corrected chi connectivity index (χ4v) is 5.09. The number of benzene rings is 3. The van der Waals surface area contributed by atoms with E-state index in [0.717, 1.165) is 48.3 Å². The number of carboxylic acids is 1. The van der Waals surface area contributed by atoms with E-state index in [1.54, 1.807) is 18.2 Å². The van der Waals surface area contributed by atoms with E-state index in [1.807, 2.05) is 30.3 Å². The highest BCUT2D eigenvalue weighted by Gasteiger charge is 2.32. The van der Waals surface area contributed by atoms with Crippen LogP contribution >= 0.6 is 0 Å². The summed E-state index contributed by atoms with van der Waals surface area (Å²) in [6, 6.07) is 16.4. The molecule has 1 fully saturated rings. The molecule has 3 aromatic rings. The summed E-state index contributed by atoms with van der Waals surface area (Å²) in [7, 11) is -3.30. The van der Waals surface area contributed by atoms with Crippen molar-refractivity contribution in [1.82, 2.24) is 5.32 Å². The molecule has 1 saturated carbocycles. The lowest BCUT2D eigenvalue weighted by Gasteiger charge is -2.22. The van der Waals surface area contributed by atoms with E-state index >= 15 is 0 Å². The van der Waals surface area contributed by atoms with Crippen molar-refractivity contribution in [2.45, 2.75) is 43.2 Å². The number of aliphatic carboxylic acids is 1. The van der Waals surface area contributed by atoms with E-state index in [0.29, 0.717) is 5.75 Å². The summed E-state index contributed by atoms with van der Waals surface area (Å²) in [5, 5.41) is 14.0. The molecule has 1 aliphatic carbocycles. The minimum absolute atomic E-state index is 0.0837. The van der Waals surface area contributed by atoms with Gasteiger partial charge in [0.2, 0.25) is 0 Å². The third-order valence-electron chi connectivity index (χ3n) is 6.28. The molecule has 0 radical (unpaired) electrons. The Morgan fingerprint density at radius 2 is 1.71 bits per heavy atom. The average Bonchev–Trinajstić information content (AvgIpc) is 3.34. The first kappa shape index (κ1) is 23.8. The molecule has 1 aliphatic rings. The van der Waals surface area contributed by atoms with Gasteiger partial charge in [-0.15, -0.1) is 0 Å². The van der Waals surface area contributed by atoms with Crippen molar-refractivity contribution < 1.29 is 27.9 Å². The van der Waals surface area contributed by atoms with Crippen LogP contribution in [0.3, 0.4) is 0 Å². The van der Waals surface area contributed by atoms with Crippen LogP contribution in [0.2, 0.25) is 0 Å². The number of ether oxygens (including phenoxy) is 1. The van der Waals surface area contributed by atoms with E-state index in [2.05, 4.69) is 5.32 Å². The molecule has 178 valence electrons. The van der Waals surface area contributed by atoms with Crippen molar-refractivity contribution in [2.24, 2.45) is 5.92 Å². The average molecular weight is 482 g/mol. The molecule has 2 N–H and O–H groups in total. The van der Waals surface area contributed by atoms with Crippen molar-refractivity contribution >= 4 is 32.5 Å². The standard InChI is InChI=1S/C26H27NO6S/c1-34(31,32)20-13-10-17(11-14-20)16-33-24-21-9-5-4-6-18(21)12-15-22(24)25(28)27-23(26(29)30)19-7-2-3-8-19/h4-6,9-15,19,23H,2-3,7-8,16H2,1H3,(H,27,28)(H,29,30)/t23-/m0/s1. The Hall–Kier alpha value is -3.39. The second kappa shape index (κ2) is 9.85. The molecule has 0 spiro atoms. The number of sulfone groups is 1. The Kier molecular flexibility index (Phi) is 6.88. The van der Waals surface area contributed by atoms with Crippen LogP contribution in [0.5, 0.6) is 5.75 Å². The highest BCUT2D eigenvalue weighted by Crippen LogP contribution is 2.32. The number of carbonyl (C=O) groups excluding carboxylic acids is 1. The summed E-state index contributed by atoms with van der Waals surface area (Å²) in [6.07, 6.45) is 4.64.